The zero-order chi connectivity index (χ0) is 20.2. The van der Waals surface area contributed by atoms with Gasteiger partial charge in [-0.25, -0.2) is 9.97 Å². The van der Waals surface area contributed by atoms with Gasteiger partial charge < -0.3 is 14.2 Å². The van der Waals surface area contributed by atoms with Crippen LogP contribution in [0.4, 0.5) is 0 Å². The van der Waals surface area contributed by atoms with Gasteiger partial charge in [-0.1, -0.05) is 6.07 Å². The maximum atomic E-state index is 12.8. The Kier molecular flexibility index (Phi) is 5.15. The maximum absolute atomic E-state index is 12.8. The highest BCUT2D eigenvalue weighted by atomic mass is 16.5. The first-order valence-corrected chi connectivity index (χ1v) is 9.08. The molecule has 0 aliphatic carbocycles. The third-order valence-electron chi connectivity index (χ3n) is 4.55. The van der Waals surface area contributed by atoms with Crippen LogP contribution in [0.3, 0.4) is 0 Å². The maximum Gasteiger partial charge on any atom is 0.255 e. The topological polar surface area (TPSA) is 86.0 Å². The van der Waals surface area contributed by atoms with Crippen molar-refractivity contribution in [2.45, 2.75) is 13.1 Å². The second-order valence-corrected chi connectivity index (χ2v) is 6.65. The fourth-order valence-electron chi connectivity index (χ4n) is 3.07. The van der Waals surface area contributed by atoms with Gasteiger partial charge in [-0.2, -0.15) is 0 Å². The minimum Gasteiger partial charge on any atom is -0.497 e. The molecule has 4 aromatic heterocycles. The van der Waals surface area contributed by atoms with Crippen LogP contribution in [-0.4, -0.2) is 49.5 Å². The predicted octanol–water partition coefficient (Wildman–Crippen LogP) is 2.55. The van der Waals surface area contributed by atoms with E-state index < -0.39 is 0 Å². The molecule has 0 fully saturated rings. The lowest BCUT2D eigenvalue weighted by Gasteiger charge is -2.17. The van der Waals surface area contributed by atoms with Crippen molar-refractivity contribution in [3.63, 3.8) is 0 Å². The van der Waals surface area contributed by atoms with E-state index in [-0.39, 0.29) is 5.91 Å². The van der Waals surface area contributed by atoms with E-state index in [1.165, 1.54) is 0 Å². The molecule has 4 rings (SSSR count). The van der Waals surface area contributed by atoms with E-state index in [4.69, 9.17) is 4.74 Å². The Morgan fingerprint density at radius 2 is 2.03 bits per heavy atom. The molecule has 1 amide bonds. The number of pyridine rings is 3. The minimum absolute atomic E-state index is 0.147. The van der Waals surface area contributed by atoms with Gasteiger partial charge in [-0.05, 0) is 23.8 Å². The third-order valence-corrected chi connectivity index (χ3v) is 4.55. The molecule has 29 heavy (non-hydrogen) atoms. The van der Waals surface area contributed by atoms with E-state index in [0.717, 1.165) is 16.9 Å². The third kappa shape index (κ3) is 4.06. The molecule has 8 nitrogen and oxygen atoms in total. The number of hydrogen-bond donors (Lipinski definition) is 0. The van der Waals surface area contributed by atoms with Crippen molar-refractivity contribution < 1.29 is 9.53 Å². The minimum atomic E-state index is -0.147. The van der Waals surface area contributed by atoms with Gasteiger partial charge in [0.15, 0.2) is 5.65 Å². The standard InChI is InChI=1S/C21H20N6O2/c1-26(13-17-9-18(29-2)5-7-23-17)21(28)16-8-19-20(24-11-16)27(14-25-19)12-15-4-3-6-22-10-15/h3-11,14H,12-13H2,1-2H3. The summed E-state index contributed by atoms with van der Waals surface area (Å²) in [6.45, 7) is 0.982. The summed E-state index contributed by atoms with van der Waals surface area (Å²) in [5.74, 6) is 0.559. The molecule has 4 heterocycles. The van der Waals surface area contributed by atoms with Crippen molar-refractivity contribution in [3.8, 4) is 5.75 Å². The quantitative estimate of drug-likeness (QED) is 0.505. The van der Waals surface area contributed by atoms with E-state index in [2.05, 4.69) is 19.9 Å². The first kappa shape index (κ1) is 18.5. The molecule has 0 radical (unpaired) electrons. The van der Waals surface area contributed by atoms with Gasteiger partial charge in [0.25, 0.3) is 5.91 Å². The number of nitrogens with zero attached hydrogens (tertiary/aromatic N) is 6. The van der Waals surface area contributed by atoms with E-state index in [1.807, 2.05) is 29.0 Å². The number of carbonyl (C=O) groups is 1. The second kappa shape index (κ2) is 8.05. The highest BCUT2D eigenvalue weighted by Crippen LogP contribution is 2.16. The number of fused-ring (bicyclic) bond motifs is 1. The van der Waals surface area contributed by atoms with Crippen LogP contribution < -0.4 is 4.74 Å². The monoisotopic (exact) mass is 388 g/mol. The average Bonchev–Trinajstić information content (AvgIpc) is 3.16. The number of methoxy groups -OCH3 is 1. The van der Waals surface area contributed by atoms with Gasteiger partial charge in [-0.15, -0.1) is 0 Å². The number of aromatic nitrogens is 5. The summed E-state index contributed by atoms with van der Waals surface area (Å²) in [6, 6.07) is 9.24. The second-order valence-electron chi connectivity index (χ2n) is 6.65. The van der Waals surface area contributed by atoms with Gasteiger partial charge >= 0.3 is 0 Å². The highest BCUT2D eigenvalue weighted by molar-refractivity contribution is 5.96. The Morgan fingerprint density at radius 1 is 1.14 bits per heavy atom. The molecule has 4 aromatic rings. The van der Waals surface area contributed by atoms with Gasteiger partial charge in [0.2, 0.25) is 0 Å². The van der Waals surface area contributed by atoms with Gasteiger partial charge in [0.05, 0.1) is 37.8 Å². The van der Waals surface area contributed by atoms with Crippen molar-refractivity contribution in [2.75, 3.05) is 14.2 Å². The molecule has 146 valence electrons. The van der Waals surface area contributed by atoms with Crippen molar-refractivity contribution in [1.82, 2.24) is 29.4 Å². The number of ether oxygens (including phenoxy) is 1. The van der Waals surface area contributed by atoms with Crippen LogP contribution in [0, 0.1) is 0 Å². The van der Waals surface area contributed by atoms with Crippen LogP contribution in [0.2, 0.25) is 0 Å². The summed E-state index contributed by atoms with van der Waals surface area (Å²) >= 11 is 0. The molecule has 0 aromatic carbocycles. The summed E-state index contributed by atoms with van der Waals surface area (Å²) in [7, 11) is 3.33. The van der Waals surface area contributed by atoms with Crippen LogP contribution in [-0.2, 0) is 13.1 Å². The van der Waals surface area contributed by atoms with Crippen molar-refractivity contribution >= 4 is 17.1 Å². The number of carbonyl (C=O) groups excluding carboxylic acids is 1. The molecule has 0 atom stereocenters. The van der Waals surface area contributed by atoms with E-state index >= 15 is 0 Å². The van der Waals surface area contributed by atoms with Crippen LogP contribution in [0.25, 0.3) is 11.2 Å². The molecular weight excluding hydrogens is 368 g/mol. The number of hydrogen-bond acceptors (Lipinski definition) is 6. The van der Waals surface area contributed by atoms with Gasteiger partial charge in [0.1, 0.15) is 11.3 Å². The fraction of sp³-hybridized carbons (Fsp3) is 0.190. The number of amides is 1. The van der Waals surface area contributed by atoms with E-state index in [9.17, 15) is 4.79 Å². The zero-order valence-electron chi connectivity index (χ0n) is 16.2. The van der Waals surface area contributed by atoms with E-state index in [0.29, 0.717) is 29.9 Å². The summed E-state index contributed by atoms with van der Waals surface area (Å²) in [6.07, 6.45) is 8.52. The van der Waals surface area contributed by atoms with Crippen molar-refractivity contribution in [1.29, 1.82) is 0 Å². The summed E-state index contributed by atoms with van der Waals surface area (Å²) < 4.78 is 7.14. The lowest BCUT2D eigenvalue weighted by molar-refractivity contribution is 0.0783. The molecule has 0 aliphatic rings. The van der Waals surface area contributed by atoms with Gasteiger partial charge in [-0.3, -0.25) is 14.8 Å². The molecule has 0 N–H and O–H groups in total. The summed E-state index contributed by atoms with van der Waals surface area (Å²) in [5.41, 5.74) is 3.68. The van der Waals surface area contributed by atoms with Crippen LogP contribution in [0.1, 0.15) is 21.6 Å². The summed E-state index contributed by atoms with van der Waals surface area (Å²) in [5, 5.41) is 0. The Bertz CT molecular complexity index is 1140. The fourth-order valence-corrected chi connectivity index (χ4v) is 3.07. The Morgan fingerprint density at radius 3 is 2.83 bits per heavy atom. The lowest BCUT2D eigenvalue weighted by Crippen LogP contribution is -2.26. The van der Waals surface area contributed by atoms with Gasteiger partial charge in [0, 0.05) is 37.9 Å². The predicted molar refractivity (Wildman–Crippen MR) is 107 cm³/mol. The normalized spacial score (nSPS) is 10.8. The van der Waals surface area contributed by atoms with E-state index in [1.54, 1.807) is 56.1 Å². The van der Waals surface area contributed by atoms with Crippen LogP contribution >= 0.6 is 0 Å². The largest absolute Gasteiger partial charge is 0.497 e. The molecule has 0 unspecified atom stereocenters. The first-order valence-electron chi connectivity index (χ1n) is 9.08. The molecular formula is C21H20N6O2. The van der Waals surface area contributed by atoms with Crippen LogP contribution in [0.5, 0.6) is 5.75 Å². The molecule has 0 saturated carbocycles. The number of rotatable bonds is 6. The summed E-state index contributed by atoms with van der Waals surface area (Å²) in [4.78, 5) is 31.7. The zero-order valence-corrected chi connectivity index (χ0v) is 16.2. The average molecular weight is 388 g/mol. The molecule has 8 heteroatoms. The Balaban J connectivity index is 1.52. The molecule has 0 bridgehead atoms. The first-order chi connectivity index (χ1) is 14.1. The molecule has 0 spiro atoms. The van der Waals surface area contributed by atoms with Crippen LogP contribution in [0.15, 0.2) is 61.4 Å². The van der Waals surface area contributed by atoms with Crippen molar-refractivity contribution in [2.24, 2.45) is 0 Å². The SMILES string of the molecule is COc1ccnc(CN(C)C(=O)c2cnc3c(c2)ncn3Cc2cccnc2)c1. The highest BCUT2D eigenvalue weighted by Gasteiger charge is 2.16. The molecule has 0 aliphatic heterocycles. The molecule has 0 saturated heterocycles. The smallest absolute Gasteiger partial charge is 0.255 e. The lowest BCUT2D eigenvalue weighted by atomic mass is 10.2. The number of imidazole rings is 1. The Hall–Kier alpha value is -3.81. The Labute approximate surface area is 167 Å². The van der Waals surface area contributed by atoms with Crippen molar-refractivity contribution in [3.05, 3.63) is 78.3 Å².